The van der Waals surface area contributed by atoms with E-state index in [4.69, 9.17) is 17.3 Å². The molecule has 0 aliphatic heterocycles. The van der Waals surface area contributed by atoms with E-state index < -0.39 is 16.9 Å². The highest BCUT2D eigenvalue weighted by Gasteiger charge is 2.21. The highest BCUT2D eigenvalue weighted by atomic mass is 35.5. The molecule has 2 rings (SSSR count). The van der Waals surface area contributed by atoms with E-state index in [1.54, 1.807) is 0 Å². The summed E-state index contributed by atoms with van der Waals surface area (Å²) in [6, 6.07) is 11.4. The lowest BCUT2D eigenvalue weighted by Gasteiger charge is -2.14. The van der Waals surface area contributed by atoms with Gasteiger partial charge in [-0.1, -0.05) is 49.7 Å². The Hall–Kier alpha value is -2.44. The summed E-state index contributed by atoms with van der Waals surface area (Å²) in [7, 11) is 0. The van der Waals surface area contributed by atoms with Crippen molar-refractivity contribution < 1.29 is 9.72 Å². The number of nitrogens with two attached hydrogens (primary N) is 1. The van der Waals surface area contributed by atoms with Crippen LogP contribution in [0.15, 0.2) is 42.5 Å². The number of benzene rings is 2. The summed E-state index contributed by atoms with van der Waals surface area (Å²) in [4.78, 5) is 22.7. The number of nitrogens with one attached hydrogen (secondary N) is 1. The van der Waals surface area contributed by atoms with Gasteiger partial charge in [0.25, 0.3) is 11.6 Å². The third kappa shape index (κ3) is 4.78. The lowest BCUT2D eigenvalue weighted by Crippen LogP contribution is -2.32. The number of carbonyl (C=O) groups is 1. The summed E-state index contributed by atoms with van der Waals surface area (Å²) in [5, 5.41) is 13.9. The summed E-state index contributed by atoms with van der Waals surface area (Å²) in [5.41, 5.74) is 7.81. The maximum Gasteiger partial charge on any atom is 0.283 e. The topological polar surface area (TPSA) is 98.3 Å². The summed E-state index contributed by atoms with van der Waals surface area (Å²) >= 11 is 5.75. The molecule has 2 aromatic carbocycles. The SMILES string of the molecule is CC(C)c1ccc(C(N)CNC(=O)c2ccc(Cl)cc2[N+](=O)[O-])cc1. The molecule has 1 atom stereocenters. The lowest BCUT2D eigenvalue weighted by molar-refractivity contribution is -0.385. The highest BCUT2D eigenvalue weighted by Crippen LogP contribution is 2.23. The summed E-state index contributed by atoms with van der Waals surface area (Å²) in [6.07, 6.45) is 0. The largest absolute Gasteiger partial charge is 0.350 e. The molecule has 132 valence electrons. The van der Waals surface area contributed by atoms with Crippen molar-refractivity contribution in [2.45, 2.75) is 25.8 Å². The molecule has 2 aromatic rings. The van der Waals surface area contributed by atoms with Crippen molar-refractivity contribution >= 4 is 23.2 Å². The molecule has 3 N–H and O–H groups in total. The van der Waals surface area contributed by atoms with Crippen molar-refractivity contribution in [3.8, 4) is 0 Å². The van der Waals surface area contributed by atoms with E-state index >= 15 is 0 Å². The molecule has 0 fully saturated rings. The van der Waals surface area contributed by atoms with Crippen molar-refractivity contribution in [2.75, 3.05) is 6.54 Å². The number of amides is 1. The van der Waals surface area contributed by atoms with Gasteiger partial charge in [0.1, 0.15) is 5.56 Å². The van der Waals surface area contributed by atoms with Crippen molar-refractivity contribution in [2.24, 2.45) is 5.73 Å². The van der Waals surface area contributed by atoms with Crippen molar-refractivity contribution in [3.05, 3.63) is 74.3 Å². The van der Waals surface area contributed by atoms with Crippen LogP contribution in [0.3, 0.4) is 0 Å². The van der Waals surface area contributed by atoms with Crippen LogP contribution in [0.4, 0.5) is 5.69 Å². The Morgan fingerprint density at radius 2 is 1.80 bits per heavy atom. The standard InChI is InChI=1S/C18H20ClN3O3/c1-11(2)12-3-5-13(6-4-12)16(20)10-21-18(23)15-8-7-14(19)9-17(15)22(24)25/h3-9,11,16H,10,20H2,1-2H3,(H,21,23). The molecular weight excluding hydrogens is 342 g/mol. The molecular formula is C18H20ClN3O3. The van der Waals surface area contributed by atoms with Gasteiger partial charge >= 0.3 is 0 Å². The maximum atomic E-state index is 12.2. The molecule has 0 saturated heterocycles. The molecule has 25 heavy (non-hydrogen) atoms. The summed E-state index contributed by atoms with van der Waals surface area (Å²) in [5.74, 6) is -0.131. The Morgan fingerprint density at radius 3 is 2.36 bits per heavy atom. The van der Waals surface area contributed by atoms with Crippen LogP contribution >= 0.6 is 11.6 Å². The van der Waals surface area contributed by atoms with Crippen LogP contribution in [0.2, 0.25) is 5.02 Å². The minimum atomic E-state index is -0.634. The maximum absolute atomic E-state index is 12.2. The molecule has 0 aliphatic rings. The first-order chi connectivity index (χ1) is 11.8. The first-order valence-electron chi connectivity index (χ1n) is 7.87. The molecule has 6 nitrogen and oxygen atoms in total. The van der Waals surface area contributed by atoms with E-state index in [2.05, 4.69) is 19.2 Å². The van der Waals surface area contributed by atoms with Gasteiger partial charge in [-0.15, -0.1) is 0 Å². The van der Waals surface area contributed by atoms with E-state index in [9.17, 15) is 14.9 Å². The predicted octanol–water partition coefficient (Wildman–Crippen LogP) is 3.80. The molecule has 7 heteroatoms. The summed E-state index contributed by atoms with van der Waals surface area (Å²) < 4.78 is 0. The number of rotatable bonds is 6. The van der Waals surface area contributed by atoms with Crippen molar-refractivity contribution in [1.82, 2.24) is 5.32 Å². The fourth-order valence-corrected chi connectivity index (χ4v) is 2.56. The first kappa shape index (κ1) is 18.9. The average Bonchev–Trinajstić information content (AvgIpc) is 2.59. The first-order valence-corrected chi connectivity index (χ1v) is 8.25. The van der Waals surface area contributed by atoms with E-state index in [1.165, 1.54) is 17.7 Å². The second-order valence-corrected chi connectivity index (χ2v) is 6.49. The number of hydrogen-bond acceptors (Lipinski definition) is 4. The van der Waals surface area contributed by atoms with Crippen molar-refractivity contribution in [3.63, 3.8) is 0 Å². The van der Waals surface area contributed by atoms with Gasteiger partial charge in [0.05, 0.1) is 4.92 Å². The van der Waals surface area contributed by atoms with Gasteiger partial charge in [-0.05, 0) is 29.2 Å². The van der Waals surface area contributed by atoms with Gasteiger partial charge in [0, 0.05) is 23.7 Å². The van der Waals surface area contributed by atoms with Gasteiger partial charge < -0.3 is 11.1 Å². The molecule has 0 heterocycles. The normalized spacial score (nSPS) is 12.0. The smallest absolute Gasteiger partial charge is 0.283 e. The molecule has 0 aliphatic carbocycles. The minimum Gasteiger partial charge on any atom is -0.350 e. The van der Waals surface area contributed by atoms with E-state index in [0.29, 0.717) is 5.92 Å². The Morgan fingerprint density at radius 1 is 1.20 bits per heavy atom. The Balaban J connectivity index is 2.05. The van der Waals surface area contributed by atoms with Gasteiger partial charge in [-0.2, -0.15) is 0 Å². The Labute approximate surface area is 151 Å². The van der Waals surface area contributed by atoms with Gasteiger partial charge in [-0.25, -0.2) is 0 Å². The monoisotopic (exact) mass is 361 g/mol. The molecule has 1 amide bonds. The molecule has 0 spiro atoms. The van der Waals surface area contributed by atoms with Gasteiger partial charge in [-0.3, -0.25) is 14.9 Å². The number of nitro benzene ring substituents is 1. The second kappa shape index (κ2) is 8.09. The van der Waals surface area contributed by atoms with E-state index in [1.807, 2.05) is 24.3 Å². The van der Waals surface area contributed by atoms with Crippen LogP contribution in [-0.4, -0.2) is 17.4 Å². The Kier molecular flexibility index (Phi) is 6.12. The number of carbonyl (C=O) groups excluding carboxylic acids is 1. The van der Waals surface area contributed by atoms with E-state index in [0.717, 1.165) is 11.6 Å². The third-order valence-corrected chi connectivity index (χ3v) is 4.15. The molecule has 1 unspecified atom stereocenters. The second-order valence-electron chi connectivity index (χ2n) is 6.06. The lowest BCUT2D eigenvalue weighted by atomic mass is 9.99. The van der Waals surface area contributed by atoms with Gasteiger partial charge in [0.2, 0.25) is 0 Å². The van der Waals surface area contributed by atoms with Crippen LogP contribution < -0.4 is 11.1 Å². The highest BCUT2D eigenvalue weighted by molar-refractivity contribution is 6.31. The van der Waals surface area contributed by atoms with Gasteiger partial charge in [0.15, 0.2) is 0 Å². The zero-order valence-corrected chi connectivity index (χ0v) is 14.8. The molecule has 0 aromatic heterocycles. The molecule has 0 saturated carbocycles. The number of halogens is 1. The number of nitrogens with zero attached hydrogens (tertiary/aromatic N) is 1. The van der Waals surface area contributed by atoms with Crippen LogP contribution in [0.25, 0.3) is 0 Å². The average molecular weight is 362 g/mol. The zero-order chi connectivity index (χ0) is 18.6. The van der Waals surface area contributed by atoms with Crippen LogP contribution in [0, 0.1) is 10.1 Å². The van der Waals surface area contributed by atoms with Crippen LogP contribution in [0.5, 0.6) is 0 Å². The van der Waals surface area contributed by atoms with Crippen LogP contribution in [-0.2, 0) is 0 Å². The number of nitro groups is 1. The Bertz CT molecular complexity index is 776. The summed E-state index contributed by atoms with van der Waals surface area (Å²) in [6.45, 7) is 4.38. The molecule has 0 radical (unpaired) electrons. The van der Waals surface area contributed by atoms with Crippen LogP contribution in [0.1, 0.15) is 47.3 Å². The fourth-order valence-electron chi connectivity index (χ4n) is 2.39. The predicted molar refractivity (Wildman–Crippen MR) is 97.9 cm³/mol. The minimum absolute atomic E-state index is 0.0447. The molecule has 0 bridgehead atoms. The zero-order valence-electron chi connectivity index (χ0n) is 14.0. The quantitative estimate of drug-likeness (QED) is 0.603. The van der Waals surface area contributed by atoms with Crippen molar-refractivity contribution in [1.29, 1.82) is 0 Å². The third-order valence-electron chi connectivity index (χ3n) is 3.91. The van der Waals surface area contributed by atoms with E-state index in [-0.39, 0.29) is 22.8 Å². The fraction of sp³-hybridized carbons (Fsp3) is 0.278. The number of hydrogen-bond donors (Lipinski definition) is 2.